The van der Waals surface area contributed by atoms with E-state index in [4.69, 9.17) is 4.74 Å². The van der Waals surface area contributed by atoms with Gasteiger partial charge in [0.1, 0.15) is 5.82 Å². The highest BCUT2D eigenvalue weighted by atomic mass is 19.1. The molecule has 134 valence electrons. The molecule has 0 saturated carbocycles. The van der Waals surface area contributed by atoms with Gasteiger partial charge in [0.25, 0.3) is 0 Å². The molecule has 1 aromatic carbocycles. The Labute approximate surface area is 146 Å². The molecule has 1 saturated heterocycles. The summed E-state index contributed by atoms with van der Waals surface area (Å²) < 4.78 is 18.7. The molecule has 2 nitrogen and oxygen atoms in total. The Morgan fingerprint density at radius 2 is 2.00 bits per heavy atom. The summed E-state index contributed by atoms with van der Waals surface area (Å²) in [7, 11) is 1.79. The van der Waals surface area contributed by atoms with Gasteiger partial charge in [-0.25, -0.2) is 4.39 Å². The van der Waals surface area contributed by atoms with Crippen molar-refractivity contribution in [1.82, 2.24) is 4.90 Å². The highest BCUT2D eigenvalue weighted by Crippen LogP contribution is 2.33. The second-order valence-corrected chi connectivity index (χ2v) is 7.90. The average Bonchev–Trinajstić information content (AvgIpc) is 2.95. The van der Waals surface area contributed by atoms with Gasteiger partial charge in [-0.15, -0.1) is 0 Å². The summed E-state index contributed by atoms with van der Waals surface area (Å²) in [6, 6.07) is 7.86. The topological polar surface area (TPSA) is 12.5 Å². The monoisotopic (exact) mass is 333 g/mol. The van der Waals surface area contributed by atoms with Crippen LogP contribution in [0.25, 0.3) is 0 Å². The van der Waals surface area contributed by atoms with Crippen molar-refractivity contribution in [2.45, 2.75) is 64.5 Å². The van der Waals surface area contributed by atoms with Gasteiger partial charge in [0.15, 0.2) is 0 Å². The fourth-order valence-electron chi connectivity index (χ4n) is 3.86. The molecule has 3 heteroatoms. The molecule has 0 unspecified atom stereocenters. The Kier molecular flexibility index (Phi) is 6.59. The quantitative estimate of drug-likeness (QED) is 0.655. The minimum atomic E-state index is -0.171. The maximum atomic E-state index is 13.3. The molecule has 0 bridgehead atoms. The highest BCUT2D eigenvalue weighted by molar-refractivity contribution is 5.25. The predicted molar refractivity (Wildman–Crippen MR) is 98.9 cm³/mol. The zero-order valence-electron chi connectivity index (χ0n) is 15.8. The van der Waals surface area contributed by atoms with Gasteiger partial charge in [0.05, 0.1) is 6.61 Å². The van der Waals surface area contributed by atoms with E-state index >= 15 is 0 Å². The first-order valence-corrected chi connectivity index (χ1v) is 8.99. The van der Waals surface area contributed by atoms with Crippen LogP contribution in [0.15, 0.2) is 35.9 Å². The van der Waals surface area contributed by atoms with Crippen molar-refractivity contribution >= 4 is 0 Å². The lowest BCUT2D eigenvalue weighted by molar-refractivity contribution is 0.0925. The summed E-state index contributed by atoms with van der Waals surface area (Å²) in [6.07, 6.45) is 5.85. The molecule has 2 rings (SSSR count). The van der Waals surface area contributed by atoms with Gasteiger partial charge in [-0.05, 0) is 62.8 Å². The van der Waals surface area contributed by atoms with Crippen LogP contribution in [0.4, 0.5) is 4.39 Å². The Hall–Kier alpha value is -1.19. The first-order valence-electron chi connectivity index (χ1n) is 8.99. The fraction of sp³-hybridized carbons (Fsp3) is 0.619. The van der Waals surface area contributed by atoms with E-state index in [1.165, 1.54) is 24.0 Å². The van der Waals surface area contributed by atoms with Crippen molar-refractivity contribution in [2.24, 2.45) is 0 Å². The lowest BCUT2D eigenvalue weighted by atomic mass is 9.78. The normalized spacial score (nSPS) is 20.2. The van der Waals surface area contributed by atoms with Gasteiger partial charge in [-0.1, -0.05) is 37.6 Å². The SMILES string of the molecule is COC[C@@H]1CCCN1[C@@H](C=C(C)C)CC(C)(C)c1ccc(F)cc1. The molecule has 1 fully saturated rings. The number of likely N-dealkylation sites (tertiary alicyclic amines) is 1. The number of nitrogens with zero attached hydrogens (tertiary/aromatic N) is 1. The molecule has 0 amide bonds. The molecule has 1 heterocycles. The first-order chi connectivity index (χ1) is 11.3. The summed E-state index contributed by atoms with van der Waals surface area (Å²) in [5.41, 5.74) is 2.53. The third-order valence-corrected chi connectivity index (χ3v) is 5.08. The number of allylic oxidation sites excluding steroid dienone is 1. The van der Waals surface area contributed by atoms with Crippen LogP contribution in [0, 0.1) is 5.82 Å². The number of ether oxygens (including phenoxy) is 1. The van der Waals surface area contributed by atoms with E-state index in [9.17, 15) is 4.39 Å². The highest BCUT2D eigenvalue weighted by Gasteiger charge is 2.33. The van der Waals surface area contributed by atoms with E-state index in [-0.39, 0.29) is 11.2 Å². The maximum Gasteiger partial charge on any atom is 0.123 e. The molecule has 2 atom stereocenters. The van der Waals surface area contributed by atoms with E-state index in [1.54, 1.807) is 19.2 Å². The minimum absolute atomic E-state index is 0.00940. The molecule has 0 radical (unpaired) electrons. The molecule has 0 aromatic heterocycles. The second-order valence-electron chi connectivity index (χ2n) is 7.90. The van der Waals surface area contributed by atoms with Crippen molar-refractivity contribution in [3.05, 3.63) is 47.3 Å². The number of halogens is 1. The van der Waals surface area contributed by atoms with Crippen molar-refractivity contribution in [3.63, 3.8) is 0 Å². The van der Waals surface area contributed by atoms with Crippen LogP contribution < -0.4 is 0 Å². The van der Waals surface area contributed by atoms with Gasteiger partial charge in [0.2, 0.25) is 0 Å². The summed E-state index contributed by atoms with van der Waals surface area (Å²) in [4.78, 5) is 2.60. The predicted octanol–water partition coefficient (Wildman–Crippen LogP) is 4.94. The average molecular weight is 333 g/mol. The van der Waals surface area contributed by atoms with E-state index in [1.807, 2.05) is 12.1 Å². The van der Waals surface area contributed by atoms with Gasteiger partial charge < -0.3 is 4.74 Å². The molecule has 24 heavy (non-hydrogen) atoms. The van der Waals surface area contributed by atoms with Gasteiger partial charge >= 0.3 is 0 Å². The molecule has 0 spiro atoms. The van der Waals surface area contributed by atoms with Gasteiger partial charge in [0, 0.05) is 19.2 Å². The molecule has 1 aromatic rings. The maximum absolute atomic E-state index is 13.3. The van der Waals surface area contributed by atoms with Crippen LogP contribution in [-0.2, 0) is 10.2 Å². The molecule has 1 aliphatic rings. The third-order valence-electron chi connectivity index (χ3n) is 5.08. The lowest BCUT2D eigenvalue weighted by Gasteiger charge is -2.37. The number of hydrogen-bond acceptors (Lipinski definition) is 2. The fourth-order valence-corrected chi connectivity index (χ4v) is 3.86. The van der Waals surface area contributed by atoms with Crippen molar-refractivity contribution in [1.29, 1.82) is 0 Å². The lowest BCUT2D eigenvalue weighted by Crippen LogP contribution is -2.43. The molecular formula is C21H32FNO. The van der Waals surface area contributed by atoms with Crippen LogP contribution in [0.3, 0.4) is 0 Å². The third kappa shape index (κ3) is 4.90. The summed E-state index contributed by atoms with van der Waals surface area (Å²) in [5, 5.41) is 0. The van der Waals surface area contributed by atoms with Crippen LogP contribution >= 0.6 is 0 Å². The summed E-state index contributed by atoms with van der Waals surface area (Å²) in [6.45, 7) is 10.8. The Bertz CT molecular complexity index is 545. The van der Waals surface area contributed by atoms with E-state index in [0.717, 1.165) is 19.6 Å². The van der Waals surface area contributed by atoms with Crippen LogP contribution in [-0.4, -0.2) is 37.2 Å². The molecular weight excluding hydrogens is 301 g/mol. The number of methoxy groups -OCH3 is 1. The Morgan fingerprint density at radius 1 is 1.33 bits per heavy atom. The second kappa shape index (κ2) is 8.26. The van der Waals surface area contributed by atoms with Crippen molar-refractivity contribution in [3.8, 4) is 0 Å². The summed E-state index contributed by atoms with van der Waals surface area (Å²) in [5.74, 6) is -0.171. The minimum Gasteiger partial charge on any atom is -0.383 e. The van der Waals surface area contributed by atoms with Crippen LogP contribution in [0.2, 0.25) is 0 Å². The zero-order valence-corrected chi connectivity index (χ0v) is 15.8. The molecule has 0 N–H and O–H groups in total. The van der Waals surface area contributed by atoms with Crippen LogP contribution in [0.5, 0.6) is 0 Å². The molecule has 0 aliphatic carbocycles. The number of benzene rings is 1. The molecule has 1 aliphatic heterocycles. The standard InChI is InChI=1S/C21H32FNO/c1-16(2)13-20(23-12-6-7-19(23)15-24-5)14-21(3,4)17-8-10-18(22)11-9-17/h8-11,13,19-20H,6-7,12,14-15H2,1-5H3/t19-,20-/m0/s1. The van der Waals surface area contributed by atoms with Crippen molar-refractivity contribution in [2.75, 3.05) is 20.3 Å². The first kappa shape index (κ1) is 19.1. The smallest absolute Gasteiger partial charge is 0.123 e. The van der Waals surface area contributed by atoms with E-state index in [0.29, 0.717) is 12.1 Å². The van der Waals surface area contributed by atoms with Gasteiger partial charge in [-0.3, -0.25) is 4.90 Å². The summed E-state index contributed by atoms with van der Waals surface area (Å²) >= 11 is 0. The van der Waals surface area contributed by atoms with Crippen LogP contribution in [0.1, 0.15) is 52.5 Å². The Morgan fingerprint density at radius 3 is 2.58 bits per heavy atom. The Balaban J connectivity index is 2.21. The number of hydrogen-bond donors (Lipinski definition) is 0. The zero-order chi connectivity index (χ0) is 17.7. The van der Waals surface area contributed by atoms with Gasteiger partial charge in [-0.2, -0.15) is 0 Å². The van der Waals surface area contributed by atoms with Crippen molar-refractivity contribution < 1.29 is 9.13 Å². The van der Waals surface area contributed by atoms with E-state index in [2.05, 4.69) is 38.7 Å². The number of rotatable bonds is 7. The largest absolute Gasteiger partial charge is 0.383 e. The van der Waals surface area contributed by atoms with E-state index < -0.39 is 0 Å².